The number of nitrogens with one attached hydrogen (secondary N) is 1. The minimum absolute atomic E-state index is 0.00549. The molecule has 0 aromatic heterocycles. The minimum atomic E-state index is 0.00549. The summed E-state index contributed by atoms with van der Waals surface area (Å²) in [6.07, 6.45) is 3.88. The average molecular weight is 393 g/mol. The van der Waals surface area contributed by atoms with Crippen molar-refractivity contribution >= 4 is 17.4 Å². The van der Waals surface area contributed by atoms with Gasteiger partial charge in [0.05, 0.1) is 0 Å². The molecular formula is C24H32N4O. The molecule has 2 aliphatic heterocycles. The molecule has 0 unspecified atom stereocenters. The fourth-order valence-corrected chi connectivity index (χ4v) is 4.29. The van der Waals surface area contributed by atoms with Crippen LogP contribution in [-0.2, 0) is 6.54 Å². The van der Waals surface area contributed by atoms with E-state index >= 15 is 0 Å². The number of rotatable bonds is 4. The fraction of sp³-hybridized carbons (Fsp3) is 0.458. The van der Waals surface area contributed by atoms with Crippen LogP contribution in [0.1, 0.15) is 30.4 Å². The van der Waals surface area contributed by atoms with E-state index in [1.165, 1.54) is 36.1 Å². The van der Waals surface area contributed by atoms with Crippen molar-refractivity contribution in [1.29, 1.82) is 0 Å². The van der Waals surface area contributed by atoms with Gasteiger partial charge in [0.1, 0.15) is 0 Å². The van der Waals surface area contributed by atoms with E-state index in [2.05, 4.69) is 58.4 Å². The number of aryl methyl sites for hydroxylation is 1. The molecule has 2 saturated heterocycles. The standard InChI is InChI=1S/C24H32N4O/c1-20-6-5-7-21(18-20)19-26-14-16-28(17-15-26)24(29)25-22-8-10-23(11-9-22)27-12-3-2-4-13-27/h5-11,18H,2-4,12-17,19H2,1H3,(H,25,29). The summed E-state index contributed by atoms with van der Waals surface area (Å²) >= 11 is 0. The van der Waals surface area contributed by atoms with Crippen molar-refractivity contribution in [2.75, 3.05) is 49.5 Å². The lowest BCUT2D eigenvalue weighted by molar-refractivity contribution is 0.143. The third-order valence-electron chi connectivity index (χ3n) is 5.99. The van der Waals surface area contributed by atoms with Crippen molar-refractivity contribution in [2.24, 2.45) is 0 Å². The van der Waals surface area contributed by atoms with Gasteiger partial charge in [0.25, 0.3) is 0 Å². The number of urea groups is 1. The van der Waals surface area contributed by atoms with E-state index < -0.39 is 0 Å². The second-order valence-electron chi connectivity index (χ2n) is 8.28. The van der Waals surface area contributed by atoms with Gasteiger partial charge in [0, 0.05) is 57.2 Å². The first-order chi connectivity index (χ1) is 14.2. The summed E-state index contributed by atoms with van der Waals surface area (Å²) in [7, 11) is 0. The molecule has 2 heterocycles. The summed E-state index contributed by atoms with van der Waals surface area (Å²) < 4.78 is 0. The highest BCUT2D eigenvalue weighted by Crippen LogP contribution is 2.22. The van der Waals surface area contributed by atoms with Crippen LogP contribution in [0.3, 0.4) is 0 Å². The number of hydrogen-bond donors (Lipinski definition) is 1. The maximum Gasteiger partial charge on any atom is 0.321 e. The number of piperidine rings is 1. The summed E-state index contributed by atoms with van der Waals surface area (Å²) in [4.78, 5) is 19.4. The van der Waals surface area contributed by atoms with Gasteiger partial charge in [-0.2, -0.15) is 0 Å². The highest BCUT2D eigenvalue weighted by Gasteiger charge is 2.21. The van der Waals surface area contributed by atoms with Crippen LogP contribution in [0.2, 0.25) is 0 Å². The molecule has 0 bridgehead atoms. The molecule has 29 heavy (non-hydrogen) atoms. The van der Waals surface area contributed by atoms with E-state index in [1.807, 2.05) is 17.0 Å². The Bertz CT molecular complexity index is 806. The maximum absolute atomic E-state index is 12.6. The van der Waals surface area contributed by atoms with Crippen LogP contribution in [-0.4, -0.2) is 55.1 Å². The number of amides is 2. The molecule has 0 atom stereocenters. The van der Waals surface area contributed by atoms with Gasteiger partial charge in [-0.1, -0.05) is 29.8 Å². The van der Waals surface area contributed by atoms with Crippen molar-refractivity contribution in [3.8, 4) is 0 Å². The van der Waals surface area contributed by atoms with Gasteiger partial charge in [-0.05, 0) is 56.0 Å². The second kappa shape index (κ2) is 9.31. The Kier molecular flexibility index (Phi) is 6.35. The van der Waals surface area contributed by atoms with Crippen molar-refractivity contribution in [2.45, 2.75) is 32.7 Å². The molecule has 2 aliphatic rings. The molecule has 2 aromatic carbocycles. The van der Waals surface area contributed by atoms with Crippen LogP contribution in [0.4, 0.5) is 16.2 Å². The summed E-state index contributed by atoms with van der Waals surface area (Å²) in [5, 5.41) is 3.06. The monoisotopic (exact) mass is 392 g/mol. The summed E-state index contributed by atoms with van der Waals surface area (Å²) in [5.74, 6) is 0. The Morgan fingerprint density at radius 1 is 0.897 bits per heavy atom. The number of anilines is 2. The molecule has 5 heteroatoms. The third kappa shape index (κ3) is 5.30. The van der Waals surface area contributed by atoms with E-state index in [0.717, 1.165) is 51.5 Å². The molecular weight excluding hydrogens is 360 g/mol. The first-order valence-electron chi connectivity index (χ1n) is 10.9. The lowest BCUT2D eigenvalue weighted by Gasteiger charge is -2.34. The zero-order valence-electron chi connectivity index (χ0n) is 17.4. The van der Waals surface area contributed by atoms with Crippen LogP contribution in [0.5, 0.6) is 0 Å². The Balaban J connectivity index is 1.25. The molecule has 4 rings (SSSR count). The highest BCUT2D eigenvalue weighted by molar-refractivity contribution is 5.89. The minimum Gasteiger partial charge on any atom is -0.372 e. The molecule has 2 fully saturated rings. The first kappa shape index (κ1) is 19.8. The van der Waals surface area contributed by atoms with Crippen molar-refractivity contribution in [1.82, 2.24) is 9.80 Å². The van der Waals surface area contributed by atoms with Crippen LogP contribution >= 0.6 is 0 Å². The molecule has 2 amide bonds. The number of benzene rings is 2. The van der Waals surface area contributed by atoms with Gasteiger partial charge in [0.15, 0.2) is 0 Å². The van der Waals surface area contributed by atoms with Gasteiger partial charge in [-0.25, -0.2) is 4.79 Å². The predicted octanol–water partition coefficient (Wildman–Crippen LogP) is 4.34. The van der Waals surface area contributed by atoms with Gasteiger partial charge in [-0.3, -0.25) is 4.90 Å². The van der Waals surface area contributed by atoms with Gasteiger partial charge in [0.2, 0.25) is 0 Å². The number of carbonyl (C=O) groups is 1. The van der Waals surface area contributed by atoms with Gasteiger partial charge in [-0.15, -0.1) is 0 Å². The van der Waals surface area contributed by atoms with Gasteiger partial charge < -0.3 is 15.1 Å². The normalized spacial score (nSPS) is 18.0. The Hall–Kier alpha value is -2.53. The molecule has 2 aromatic rings. The van der Waals surface area contributed by atoms with E-state index in [9.17, 15) is 4.79 Å². The van der Waals surface area contributed by atoms with E-state index in [0.29, 0.717) is 0 Å². The lowest BCUT2D eigenvalue weighted by Crippen LogP contribution is -2.49. The van der Waals surface area contributed by atoms with E-state index in [4.69, 9.17) is 0 Å². The quantitative estimate of drug-likeness (QED) is 0.841. The van der Waals surface area contributed by atoms with Crippen LogP contribution in [0.25, 0.3) is 0 Å². The van der Waals surface area contributed by atoms with Crippen LogP contribution in [0.15, 0.2) is 48.5 Å². The number of hydrogen-bond acceptors (Lipinski definition) is 3. The smallest absolute Gasteiger partial charge is 0.321 e. The zero-order valence-corrected chi connectivity index (χ0v) is 17.4. The highest BCUT2D eigenvalue weighted by atomic mass is 16.2. The van der Waals surface area contributed by atoms with Crippen molar-refractivity contribution in [3.63, 3.8) is 0 Å². The topological polar surface area (TPSA) is 38.8 Å². The first-order valence-corrected chi connectivity index (χ1v) is 10.9. The SMILES string of the molecule is Cc1cccc(CN2CCN(C(=O)Nc3ccc(N4CCCCC4)cc3)CC2)c1. The van der Waals surface area contributed by atoms with Crippen LogP contribution in [0, 0.1) is 6.92 Å². The number of piperazine rings is 1. The van der Waals surface area contributed by atoms with Crippen LogP contribution < -0.4 is 10.2 Å². The third-order valence-corrected chi connectivity index (χ3v) is 5.99. The Morgan fingerprint density at radius 2 is 1.62 bits per heavy atom. The Morgan fingerprint density at radius 3 is 2.31 bits per heavy atom. The average Bonchev–Trinajstić information content (AvgIpc) is 2.75. The molecule has 154 valence electrons. The zero-order chi connectivity index (χ0) is 20.1. The summed E-state index contributed by atoms with van der Waals surface area (Å²) in [6, 6.07) is 17.0. The van der Waals surface area contributed by atoms with Gasteiger partial charge >= 0.3 is 6.03 Å². The summed E-state index contributed by atoms with van der Waals surface area (Å²) in [5.41, 5.74) is 4.77. The number of carbonyl (C=O) groups excluding carboxylic acids is 1. The van der Waals surface area contributed by atoms with E-state index in [-0.39, 0.29) is 6.03 Å². The predicted molar refractivity (Wildman–Crippen MR) is 120 cm³/mol. The van der Waals surface area contributed by atoms with E-state index in [1.54, 1.807) is 0 Å². The Labute approximate surface area is 174 Å². The van der Waals surface area contributed by atoms with Crippen molar-refractivity contribution < 1.29 is 4.79 Å². The maximum atomic E-state index is 12.6. The summed E-state index contributed by atoms with van der Waals surface area (Å²) in [6.45, 7) is 8.72. The molecule has 0 aliphatic carbocycles. The fourth-order valence-electron chi connectivity index (χ4n) is 4.29. The molecule has 0 saturated carbocycles. The number of nitrogens with zero attached hydrogens (tertiary/aromatic N) is 3. The molecule has 5 nitrogen and oxygen atoms in total. The van der Waals surface area contributed by atoms with Crippen molar-refractivity contribution in [3.05, 3.63) is 59.7 Å². The largest absolute Gasteiger partial charge is 0.372 e. The molecule has 0 radical (unpaired) electrons. The molecule has 1 N–H and O–H groups in total. The second-order valence-corrected chi connectivity index (χ2v) is 8.28. The molecule has 0 spiro atoms. The lowest BCUT2D eigenvalue weighted by atomic mass is 10.1.